The van der Waals surface area contributed by atoms with E-state index in [0.29, 0.717) is 6.42 Å². The van der Waals surface area contributed by atoms with E-state index in [1.54, 1.807) is 0 Å². The standard InChI is InChI=1S/C23H22N2O/c26-22-20-21(24-19(25-22)14-16-8-2-1-3-9-16)18-11-5-4-10-17(18)15-23(20)12-6-7-13-23/h1-5,8-11H,6-7,12-15H2,(H,24,25,26). The molecule has 5 rings (SSSR count). The number of nitrogens with one attached hydrogen (secondary N) is 1. The lowest BCUT2D eigenvalue weighted by molar-refractivity contribution is 0.426. The first-order valence-corrected chi connectivity index (χ1v) is 9.51. The van der Waals surface area contributed by atoms with Crippen molar-refractivity contribution >= 4 is 0 Å². The van der Waals surface area contributed by atoms with Gasteiger partial charge in [0.15, 0.2) is 0 Å². The highest BCUT2D eigenvalue weighted by Gasteiger charge is 2.43. The van der Waals surface area contributed by atoms with E-state index >= 15 is 0 Å². The molecular formula is C23H22N2O. The van der Waals surface area contributed by atoms with Gasteiger partial charge in [-0.2, -0.15) is 0 Å². The van der Waals surface area contributed by atoms with Gasteiger partial charge in [0.1, 0.15) is 5.82 Å². The first-order chi connectivity index (χ1) is 12.8. The Morgan fingerprint density at radius 1 is 0.962 bits per heavy atom. The quantitative estimate of drug-likeness (QED) is 0.750. The Bertz CT molecular complexity index is 1010. The molecule has 0 radical (unpaired) electrons. The molecule has 0 amide bonds. The summed E-state index contributed by atoms with van der Waals surface area (Å²) >= 11 is 0. The predicted molar refractivity (Wildman–Crippen MR) is 103 cm³/mol. The van der Waals surface area contributed by atoms with Gasteiger partial charge in [-0.1, -0.05) is 67.4 Å². The fourth-order valence-electron chi connectivity index (χ4n) is 4.92. The fourth-order valence-corrected chi connectivity index (χ4v) is 4.92. The largest absolute Gasteiger partial charge is 0.310 e. The first-order valence-electron chi connectivity index (χ1n) is 9.51. The van der Waals surface area contributed by atoms with Crippen molar-refractivity contribution in [1.82, 2.24) is 9.97 Å². The third-order valence-electron chi connectivity index (χ3n) is 6.08. The van der Waals surface area contributed by atoms with Gasteiger partial charge in [-0.25, -0.2) is 4.98 Å². The maximum absolute atomic E-state index is 13.2. The minimum absolute atomic E-state index is 0.0183. The van der Waals surface area contributed by atoms with Crippen LogP contribution in [-0.2, 0) is 18.3 Å². The summed E-state index contributed by atoms with van der Waals surface area (Å²) in [7, 11) is 0. The monoisotopic (exact) mass is 342 g/mol. The van der Waals surface area contributed by atoms with Gasteiger partial charge in [-0.3, -0.25) is 4.79 Å². The molecule has 2 aliphatic carbocycles. The van der Waals surface area contributed by atoms with Crippen molar-refractivity contribution in [2.24, 2.45) is 0 Å². The van der Waals surface area contributed by atoms with E-state index in [9.17, 15) is 4.79 Å². The van der Waals surface area contributed by atoms with E-state index < -0.39 is 0 Å². The van der Waals surface area contributed by atoms with Crippen LogP contribution in [0.3, 0.4) is 0 Å². The van der Waals surface area contributed by atoms with Crippen LogP contribution in [-0.4, -0.2) is 9.97 Å². The second-order valence-electron chi connectivity index (χ2n) is 7.72. The molecule has 2 aliphatic rings. The third kappa shape index (κ3) is 2.42. The summed E-state index contributed by atoms with van der Waals surface area (Å²) in [6.07, 6.45) is 6.21. The molecule has 2 aromatic carbocycles. The number of hydrogen-bond acceptors (Lipinski definition) is 2. The molecule has 1 aromatic heterocycles. The van der Waals surface area contributed by atoms with Gasteiger partial charge in [0.05, 0.1) is 11.3 Å². The van der Waals surface area contributed by atoms with Gasteiger partial charge in [-0.15, -0.1) is 0 Å². The molecule has 1 spiro atoms. The number of benzene rings is 2. The number of rotatable bonds is 2. The first kappa shape index (κ1) is 15.6. The van der Waals surface area contributed by atoms with E-state index in [-0.39, 0.29) is 11.0 Å². The summed E-state index contributed by atoms with van der Waals surface area (Å²) in [4.78, 5) is 21.2. The molecule has 3 heteroatoms. The van der Waals surface area contributed by atoms with Gasteiger partial charge >= 0.3 is 0 Å². The minimum atomic E-state index is -0.0183. The molecule has 130 valence electrons. The van der Waals surface area contributed by atoms with Gasteiger partial charge in [0, 0.05) is 17.4 Å². The Labute approximate surface area is 153 Å². The van der Waals surface area contributed by atoms with Crippen LogP contribution >= 0.6 is 0 Å². The lowest BCUT2D eigenvalue weighted by atomic mass is 9.68. The zero-order chi connectivity index (χ0) is 17.6. The van der Waals surface area contributed by atoms with Crippen LogP contribution < -0.4 is 5.56 Å². The molecule has 0 atom stereocenters. The summed E-state index contributed by atoms with van der Waals surface area (Å²) in [5, 5.41) is 0. The maximum atomic E-state index is 13.2. The van der Waals surface area contributed by atoms with Crippen LogP contribution in [0.4, 0.5) is 0 Å². The number of hydrogen-bond donors (Lipinski definition) is 1. The summed E-state index contributed by atoms with van der Waals surface area (Å²) in [5.41, 5.74) is 5.54. The molecule has 26 heavy (non-hydrogen) atoms. The summed E-state index contributed by atoms with van der Waals surface area (Å²) < 4.78 is 0. The number of nitrogens with zero attached hydrogens (tertiary/aromatic N) is 1. The number of aromatic amines is 1. The lowest BCUT2D eigenvalue weighted by Crippen LogP contribution is -2.37. The highest BCUT2D eigenvalue weighted by molar-refractivity contribution is 5.71. The Hall–Kier alpha value is -2.68. The number of aromatic nitrogens is 2. The summed E-state index contributed by atoms with van der Waals surface area (Å²) in [5.74, 6) is 0.754. The zero-order valence-electron chi connectivity index (χ0n) is 14.8. The molecule has 0 saturated heterocycles. The Morgan fingerprint density at radius 2 is 1.69 bits per heavy atom. The van der Waals surface area contributed by atoms with Crippen molar-refractivity contribution in [2.45, 2.75) is 43.9 Å². The summed E-state index contributed by atoms with van der Waals surface area (Å²) in [6.45, 7) is 0. The van der Waals surface area contributed by atoms with E-state index in [1.165, 1.54) is 18.4 Å². The second kappa shape index (κ2) is 5.94. The fraction of sp³-hybridized carbons (Fsp3) is 0.304. The van der Waals surface area contributed by atoms with E-state index in [1.807, 2.05) is 18.2 Å². The van der Waals surface area contributed by atoms with Crippen molar-refractivity contribution in [3.05, 3.63) is 87.5 Å². The van der Waals surface area contributed by atoms with Crippen molar-refractivity contribution in [2.75, 3.05) is 0 Å². The Morgan fingerprint density at radius 3 is 2.50 bits per heavy atom. The van der Waals surface area contributed by atoms with E-state index in [0.717, 1.165) is 47.5 Å². The smallest absolute Gasteiger partial charge is 0.255 e. The molecule has 3 aromatic rings. The molecule has 0 unspecified atom stereocenters. The predicted octanol–water partition coefficient (Wildman–Crippen LogP) is 4.40. The van der Waals surface area contributed by atoms with Crippen LogP contribution in [0.2, 0.25) is 0 Å². The number of H-pyrrole nitrogens is 1. The molecule has 0 bridgehead atoms. The molecule has 1 fully saturated rings. The van der Waals surface area contributed by atoms with Gasteiger partial charge in [-0.05, 0) is 30.4 Å². The van der Waals surface area contributed by atoms with Crippen LogP contribution in [0.15, 0.2) is 59.4 Å². The SMILES string of the molecule is O=c1[nH]c(Cc2ccccc2)nc2c1C1(CCCC1)Cc1ccccc1-2. The third-order valence-corrected chi connectivity index (χ3v) is 6.08. The minimum Gasteiger partial charge on any atom is -0.310 e. The molecule has 1 saturated carbocycles. The molecule has 1 heterocycles. The highest BCUT2D eigenvalue weighted by Crippen LogP contribution is 2.49. The molecular weight excluding hydrogens is 320 g/mol. The Balaban J connectivity index is 1.69. The number of fused-ring (bicyclic) bond motifs is 4. The second-order valence-corrected chi connectivity index (χ2v) is 7.72. The Kier molecular flexibility index (Phi) is 3.56. The highest BCUT2D eigenvalue weighted by atomic mass is 16.1. The lowest BCUT2D eigenvalue weighted by Gasteiger charge is -2.35. The average molecular weight is 342 g/mol. The average Bonchev–Trinajstić information content (AvgIpc) is 3.11. The van der Waals surface area contributed by atoms with Crippen molar-refractivity contribution in [3.8, 4) is 11.3 Å². The summed E-state index contributed by atoms with van der Waals surface area (Å²) in [6, 6.07) is 18.7. The van der Waals surface area contributed by atoms with Crippen LogP contribution in [0, 0.1) is 0 Å². The van der Waals surface area contributed by atoms with Gasteiger partial charge in [0.25, 0.3) is 5.56 Å². The zero-order valence-corrected chi connectivity index (χ0v) is 14.8. The van der Waals surface area contributed by atoms with Crippen molar-refractivity contribution in [3.63, 3.8) is 0 Å². The van der Waals surface area contributed by atoms with Crippen molar-refractivity contribution in [1.29, 1.82) is 0 Å². The van der Waals surface area contributed by atoms with E-state index in [2.05, 4.69) is 41.4 Å². The van der Waals surface area contributed by atoms with Gasteiger partial charge < -0.3 is 4.98 Å². The topological polar surface area (TPSA) is 45.8 Å². The van der Waals surface area contributed by atoms with Gasteiger partial charge in [0.2, 0.25) is 0 Å². The molecule has 3 nitrogen and oxygen atoms in total. The van der Waals surface area contributed by atoms with E-state index in [4.69, 9.17) is 4.98 Å². The van der Waals surface area contributed by atoms with Crippen LogP contribution in [0.5, 0.6) is 0 Å². The maximum Gasteiger partial charge on any atom is 0.255 e. The molecule has 0 aliphatic heterocycles. The molecule has 1 N–H and O–H groups in total. The van der Waals surface area contributed by atoms with Crippen molar-refractivity contribution < 1.29 is 0 Å². The van der Waals surface area contributed by atoms with Crippen LogP contribution in [0.1, 0.15) is 48.2 Å². The van der Waals surface area contributed by atoms with Crippen LogP contribution in [0.25, 0.3) is 11.3 Å². The normalized spacial score (nSPS) is 17.1.